The summed E-state index contributed by atoms with van der Waals surface area (Å²) in [6, 6.07) is 3.30. The molecule has 1 aromatic carbocycles. The second-order valence-corrected chi connectivity index (χ2v) is 5.03. The summed E-state index contributed by atoms with van der Waals surface area (Å²) in [5, 5.41) is 2.99. The van der Waals surface area contributed by atoms with Crippen LogP contribution in [0.2, 0.25) is 0 Å². The molecule has 1 unspecified atom stereocenters. The molecule has 18 heavy (non-hydrogen) atoms. The Morgan fingerprint density at radius 3 is 2.83 bits per heavy atom. The third-order valence-electron chi connectivity index (χ3n) is 2.38. The number of benzene rings is 1. The van der Waals surface area contributed by atoms with Crippen LogP contribution in [0.15, 0.2) is 16.6 Å². The molecular formula is C12H16BrFN2OS. The van der Waals surface area contributed by atoms with Crippen molar-refractivity contribution in [2.75, 3.05) is 18.5 Å². The number of anilines is 1. The van der Waals surface area contributed by atoms with E-state index in [0.717, 1.165) is 0 Å². The van der Waals surface area contributed by atoms with Gasteiger partial charge in [0.25, 0.3) is 0 Å². The fourth-order valence-electron chi connectivity index (χ4n) is 1.47. The smallest absolute Gasteiger partial charge is 0.161 e. The van der Waals surface area contributed by atoms with Gasteiger partial charge in [-0.15, -0.1) is 0 Å². The summed E-state index contributed by atoms with van der Waals surface area (Å²) in [5.41, 5.74) is 6.38. The van der Waals surface area contributed by atoms with Gasteiger partial charge in [0.05, 0.1) is 16.3 Å². The molecule has 0 amide bonds. The zero-order valence-corrected chi connectivity index (χ0v) is 12.7. The molecule has 0 aromatic heterocycles. The van der Waals surface area contributed by atoms with Crippen molar-refractivity contribution >= 4 is 38.8 Å². The van der Waals surface area contributed by atoms with E-state index in [0.29, 0.717) is 24.4 Å². The highest BCUT2D eigenvalue weighted by Gasteiger charge is 2.13. The van der Waals surface area contributed by atoms with Gasteiger partial charge in [-0.2, -0.15) is 0 Å². The first-order valence-electron chi connectivity index (χ1n) is 5.60. The topological polar surface area (TPSA) is 47.3 Å². The van der Waals surface area contributed by atoms with Crippen LogP contribution in [0.4, 0.5) is 10.1 Å². The number of hydrogen-bond acceptors (Lipinski definition) is 3. The van der Waals surface area contributed by atoms with E-state index in [2.05, 4.69) is 21.2 Å². The van der Waals surface area contributed by atoms with Crippen molar-refractivity contribution in [1.82, 2.24) is 0 Å². The van der Waals surface area contributed by atoms with Crippen LogP contribution in [0.5, 0.6) is 0 Å². The Labute approximate surface area is 120 Å². The summed E-state index contributed by atoms with van der Waals surface area (Å²) in [5.74, 6) is -0.399. The minimum atomic E-state index is -0.399. The van der Waals surface area contributed by atoms with Crippen LogP contribution in [-0.2, 0) is 4.74 Å². The number of nitrogens with two attached hydrogens (primary N) is 1. The van der Waals surface area contributed by atoms with Gasteiger partial charge in [-0.05, 0) is 41.9 Å². The van der Waals surface area contributed by atoms with Gasteiger partial charge in [0.2, 0.25) is 0 Å². The van der Waals surface area contributed by atoms with E-state index in [1.54, 1.807) is 12.1 Å². The molecule has 1 rings (SSSR count). The molecule has 0 spiro atoms. The van der Waals surface area contributed by atoms with Gasteiger partial charge in [-0.25, -0.2) is 4.39 Å². The first kappa shape index (κ1) is 15.3. The van der Waals surface area contributed by atoms with Crippen LogP contribution in [-0.4, -0.2) is 24.2 Å². The van der Waals surface area contributed by atoms with Crippen molar-refractivity contribution in [3.8, 4) is 0 Å². The molecule has 6 heteroatoms. The Hall–Kier alpha value is -0.720. The highest BCUT2D eigenvalue weighted by molar-refractivity contribution is 9.10. The molecule has 1 atom stereocenters. The van der Waals surface area contributed by atoms with Crippen molar-refractivity contribution in [3.63, 3.8) is 0 Å². The van der Waals surface area contributed by atoms with Gasteiger partial charge in [0, 0.05) is 18.7 Å². The molecule has 0 saturated heterocycles. The maximum atomic E-state index is 14.0. The van der Waals surface area contributed by atoms with Crippen molar-refractivity contribution in [1.29, 1.82) is 0 Å². The minimum absolute atomic E-state index is 0.0171. The van der Waals surface area contributed by atoms with Crippen LogP contribution < -0.4 is 11.1 Å². The Balaban J connectivity index is 2.79. The molecule has 0 aliphatic rings. The van der Waals surface area contributed by atoms with Gasteiger partial charge in [0.1, 0.15) is 4.99 Å². The number of thiocarbonyl (C=S) groups is 1. The van der Waals surface area contributed by atoms with E-state index in [9.17, 15) is 4.39 Å². The summed E-state index contributed by atoms with van der Waals surface area (Å²) < 4.78 is 19.6. The largest absolute Gasteiger partial charge is 0.389 e. The van der Waals surface area contributed by atoms with E-state index in [1.165, 1.54) is 0 Å². The third kappa shape index (κ3) is 3.90. The van der Waals surface area contributed by atoms with Gasteiger partial charge in [-0.1, -0.05) is 12.2 Å². The van der Waals surface area contributed by atoms with E-state index >= 15 is 0 Å². The molecule has 0 heterocycles. The summed E-state index contributed by atoms with van der Waals surface area (Å²) in [4.78, 5) is 0.162. The molecule has 0 aliphatic carbocycles. The monoisotopic (exact) mass is 334 g/mol. The average molecular weight is 335 g/mol. The lowest BCUT2D eigenvalue weighted by Gasteiger charge is -2.15. The highest BCUT2D eigenvalue weighted by atomic mass is 79.9. The number of rotatable bonds is 6. The van der Waals surface area contributed by atoms with Crippen molar-refractivity contribution in [2.45, 2.75) is 20.0 Å². The zero-order valence-electron chi connectivity index (χ0n) is 10.3. The maximum absolute atomic E-state index is 14.0. The number of ether oxygens (including phenoxy) is 1. The summed E-state index contributed by atoms with van der Waals surface area (Å²) in [7, 11) is 0. The standard InChI is InChI=1S/C12H16BrFN2OS/c1-3-17-7(2)6-16-9-5-4-8(12(15)18)10(13)11(9)14/h4-5,7,16H,3,6H2,1-2H3,(H2,15,18). The summed E-state index contributed by atoms with van der Waals surface area (Å²) in [6.07, 6.45) is 0.0171. The molecule has 0 fully saturated rings. The second kappa shape index (κ2) is 7.01. The van der Waals surface area contributed by atoms with Crippen molar-refractivity contribution < 1.29 is 9.13 Å². The highest BCUT2D eigenvalue weighted by Crippen LogP contribution is 2.27. The lowest BCUT2D eigenvalue weighted by molar-refractivity contribution is 0.0855. The molecule has 100 valence electrons. The molecule has 0 saturated carbocycles. The Bertz CT molecular complexity index is 442. The molecular weight excluding hydrogens is 319 g/mol. The molecule has 1 aromatic rings. The number of halogens is 2. The second-order valence-electron chi connectivity index (χ2n) is 3.80. The van der Waals surface area contributed by atoms with Crippen LogP contribution in [0.3, 0.4) is 0 Å². The van der Waals surface area contributed by atoms with Crippen LogP contribution in [0.1, 0.15) is 19.4 Å². The predicted molar refractivity (Wildman–Crippen MR) is 79.6 cm³/mol. The number of nitrogens with one attached hydrogen (secondary N) is 1. The molecule has 3 N–H and O–H groups in total. The molecule has 3 nitrogen and oxygen atoms in total. The van der Waals surface area contributed by atoms with Gasteiger partial charge >= 0.3 is 0 Å². The normalized spacial score (nSPS) is 12.2. The van der Waals surface area contributed by atoms with Crippen LogP contribution in [0.25, 0.3) is 0 Å². The fourth-order valence-corrected chi connectivity index (χ4v) is 2.33. The first-order valence-corrected chi connectivity index (χ1v) is 6.80. The van der Waals surface area contributed by atoms with Gasteiger partial charge in [0.15, 0.2) is 5.82 Å². The van der Waals surface area contributed by atoms with E-state index in [-0.39, 0.29) is 15.6 Å². The zero-order chi connectivity index (χ0) is 13.7. The van der Waals surface area contributed by atoms with Crippen LogP contribution in [0, 0.1) is 5.82 Å². The molecule has 0 aliphatic heterocycles. The van der Waals surface area contributed by atoms with E-state index in [4.69, 9.17) is 22.7 Å². The number of hydrogen-bond donors (Lipinski definition) is 2. The molecule has 0 bridgehead atoms. The average Bonchev–Trinajstić information content (AvgIpc) is 2.31. The van der Waals surface area contributed by atoms with Crippen molar-refractivity contribution in [2.24, 2.45) is 5.73 Å². The third-order valence-corrected chi connectivity index (χ3v) is 3.37. The van der Waals surface area contributed by atoms with Crippen molar-refractivity contribution in [3.05, 3.63) is 28.0 Å². The summed E-state index contributed by atoms with van der Waals surface area (Å²) in [6.45, 7) is 5.01. The van der Waals surface area contributed by atoms with Gasteiger partial charge in [-0.3, -0.25) is 0 Å². The Morgan fingerprint density at radius 2 is 2.28 bits per heavy atom. The Morgan fingerprint density at radius 1 is 1.61 bits per heavy atom. The summed E-state index contributed by atoms with van der Waals surface area (Å²) >= 11 is 7.99. The fraction of sp³-hybridized carbons (Fsp3) is 0.417. The first-order chi connectivity index (χ1) is 8.47. The van der Waals surface area contributed by atoms with E-state index < -0.39 is 5.82 Å². The van der Waals surface area contributed by atoms with Gasteiger partial charge < -0.3 is 15.8 Å². The minimum Gasteiger partial charge on any atom is -0.389 e. The lowest BCUT2D eigenvalue weighted by atomic mass is 10.2. The predicted octanol–water partition coefficient (Wildman–Crippen LogP) is 3.06. The maximum Gasteiger partial charge on any atom is 0.161 e. The van der Waals surface area contributed by atoms with E-state index in [1.807, 2.05) is 13.8 Å². The Kier molecular flexibility index (Phi) is 5.98. The lowest BCUT2D eigenvalue weighted by Crippen LogP contribution is -2.20. The quantitative estimate of drug-likeness (QED) is 0.785. The van der Waals surface area contributed by atoms with Crippen LogP contribution >= 0.6 is 28.1 Å². The molecule has 0 radical (unpaired) electrons. The SMILES string of the molecule is CCOC(C)CNc1ccc(C(N)=S)c(Br)c1F.